The number of benzene rings is 1. The first-order valence-electron chi connectivity index (χ1n) is 9.55. The van der Waals surface area contributed by atoms with Crippen LogP contribution >= 0.6 is 11.9 Å². The first kappa shape index (κ1) is 23.6. The highest BCUT2D eigenvalue weighted by molar-refractivity contribution is 8.01. The monoisotopic (exact) mass is 422 g/mol. The molecule has 2 saturated heterocycles. The van der Waals surface area contributed by atoms with Crippen LogP contribution in [0.2, 0.25) is 0 Å². The first-order valence-corrected chi connectivity index (χ1v) is 10.4. The van der Waals surface area contributed by atoms with E-state index in [9.17, 15) is 15.5 Å². The number of aliphatic hydroxyl groups is 3. The summed E-state index contributed by atoms with van der Waals surface area (Å²) >= 11 is 1.14. The second-order valence-corrected chi connectivity index (χ2v) is 7.82. The summed E-state index contributed by atoms with van der Waals surface area (Å²) < 4.78 is 8.10. The summed E-state index contributed by atoms with van der Waals surface area (Å²) in [6.07, 6.45) is 0.594. The van der Waals surface area contributed by atoms with Crippen LogP contribution < -0.4 is 9.62 Å². The van der Waals surface area contributed by atoms with Gasteiger partial charge < -0.3 is 29.9 Å². The Labute approximate surface area is 176 Å². The lowest BCUT2D eigenvalue weighted by atomic mass is 10.1. The highest BCUT2D eigenvalue weighted by atomic mass is 32.2. The largest absolute Gasteiger partial charge is 0.400 e. The van der Waals surface area contributed by atoms with E-state index in [1.807, 2.05) is 12.1 Å². The highest BCUT2D eigenvalue weighted by Gasteiger charge is 2.29. The van der Waals surface area contributed by atoms with Gasteiger partial charge in [-0.3, -0.25) is 4.72 Å². The van der Waals surface area contributed by atoms with E-state index in [1.165, 1.54) is 5.69 Å². The van der Waals surface area contributed by atoms with Crippen LogP contribution in [0.4, 0.5) is 5.69 Å². The maximum absolute atomic E-state index is 9.81. The number of rotatable bonds is 5. The molecule has 0 aromatic heterocycles. The molecule has 29 heavy (non-hydrogen) atoms. The molecule has 2 heterocycles. The molecule has 1 aromatic carbocycles. The van der Waals surface area contributed by atoms with Crippen LogP contribution in [0.3, 0.4) is 0 Å². The van der Waals surface area contributed by atoms with Crippen LogP contribution in [0.25, 0.3) is 6.08 Å². The summed E-state index contributed by atoms with van der Waals surface area (Å²) in [7, 11) is 3.14. The van der Waals surface area contributed by atoms with E-state index >= 15 is 0 Å². The van der Waals surface area contributed by atoms with Gasteiger partial charge in [-0.25, -0.2) is 0 Å². The zero-order chi connectivity index (χ0) is 21.2. The molecule has 1 aromatic rings. The van der Waals surface area contributed by atoms with Gasteiger partial charge in [0.2, 0.25) is 0 Å². The lowest BCUT2D eigenvalue weighted by Gasteiger charge is -2.34. The smallest absolute Gasteiger partial charge is 0.171 e. The van der Waals surface area contributed by atoms with Crippen molar-refractivity contribution in [2.75, 3.05) is 51.8 Å². The van der Waals surface area contributed by atoms with Gasteiger partial charge in [0.15, 0.2) is 6.29 Å². The summed E-state index contributed by atoms with van der Waals surface area (Å²) in [5, 5.41) is 35.8. The third-order valence-electron chi connectivity index (χ3n) is 4.82. The Kier molecular flexibility index (Phi) is 9.90. The quantitative estimate of drug-likeness (QED) is 0.401. The topological polar surface area (TPSA) is 112 Å². The van der Waals surface area contributed by atoms with Crippen molar-refractivity contribution in [3.05, 3.63) is 34.7 Å². The van der Waals surface area contributed by atoms with Crippen molar-refractivity contribution in [1.29, 1.82) is 5.26 Å². The van der Waals surface area contributed by atoms with Crippen LogP contribution in [0.5, 0.6) is 0 Å². The molecule has 2 aliphatic rings. The van der Waals surface area contributed by atoms with Crippen molar-refractivity contribution < 1.29 is 20.1 Å². The molecule has 0 aliphatic carbocycles. The number of nitrogens with one attached hydrogen (secondary N) is 1. The fourth-order valence-corrected chi connectivity index (χ4v) is 3.86. The molecule has 0 bridgehead atoms. The van der Waals surface area contributed by atoms with Crippen LogP contribution in [-0.2, 0) is 4.74 Å². The van der Waals surface area contributed by atoms with Gasteiger partial charge in [0.05, 0.1) is 18.8 Å². The number of piperazine rings is 1. The van der Waals surface area contributed by atoms with Crippen molar-refractivity contribution in [2.24, 2.45) is 0 Å². The Morgan fingerprint density at radius 2 is 1.86 bits per heavy atom. The molecular formula is C20H30N4O4S. The molecule has 4 N–H and O–H groups in total. The average molecular weight is 423 g/mol. The van der Waals surface area contributed by atoms with E-state index in [1.54, 1.807) is 6.08 Å². The summed E-state index contributed by atoms with van der Waals surface area (Å²) in [4.78, 5) is 5.17. The maximum atomic E-state index is 9.81. The number of ether oxygens (including phenoxy) is 1. The fraction of sp³-hybridized carbons (Fsp3) is 0.550. The minimum atomic E-state index is -0.983. The predicted molar refractivity (Wildman–Crippen MR) is 115 cm³/mol. The van der Waals surface area contributed by atoms with Gasteiger partial charge in [0.1, 0.15) is 11.0 Å². The Morgan fingerprint density at radius 1 is 1.21 bits per heavy atom. The maximum Gasteiger partial charge on any atom is 0.171 e. The average Bonchev–Trinajstić information content (AvgIpc) is 2.76. The highest BCUT2D eigenvalue weighted by Crippen LogP contribution is 2.22. The number of nitriles is 1. The Morgan fingerprint density at radius 3 is 2.48 bits per heavy atom. The molecule has 160 valence electrons. The minimum Gasteiger partial charge on any atom is -0.400 e. The van der Waals surface area contributed by atoms with Gasteiger partial charge in [0, 0.05) is 39.0 Å². The molecule has 3 rings (SSSR count). The molecule has 8 nitrogen and oxygen atoms in total. The van der Waals surface area contributed by atoms with Crippen molar-refractivity contribution in [1.82, 2.24) is 9.62 Å². The van der Waals surface area contributed by atoms with Gasteiger partial charge in [-0.15, -0.1) is 0 Å². The van der Waals surface area contributed by atoms with E-state index < -0.39 is 18.4 Å². The number of likely N-dealkylation sites (N-methyl/N-ethyl adjacent to an activating group) is 1. The van der Waals surface area contributed by atoms with E-state index in [0.717, 1.165) is 50.8 Å². The molecule has 0 spiro atoms. The second kappa shape index (κ2) is 12.1. The zero-order valence-corrected chi connectivity index (χ0v) is 17.7. The van der Waals surface area contributed by atoms with Crippen LogP contribution in [0.1, 0.15) is 12.0 Å². The molecule has 2 fully saturated rings. The summed E-state index contributed by atoms with van der Waals surface area (Å²) in [5.74, 6) is 0. The van der Waals surface area contributed by atoms with Crippen molar-refractivity contribution >= 4 is 23.7 Å². The number of anilines is 1. The van der Waals surface area contributed by atoms with Crippen molar-refractivity contribution in [3.8, 4) is 6.07 Å². The summed E-state index contributed by atoms with van der Waals surface area (Å²) in [5.41, 5.74) is 2.14. The van der Waals surface area contributed by atoms with Gasteiger partial charge in [0.25, 0.3) is 0 Å². The summed E-state index contributed by atoms with van der Waals surface area (Å²) in [6, 6.07) is 9.92. The number of hydrogen-bond acceptors (Lipinski definition) is 9. The van der Waals surface area contributed by atoms with E-state index in [0.29, 0.717) is 11.3 Å². The molecular weight excluding hydrogens is 392 g/mol. The number of allylic oxidation sites excluding steroid dienone is 1. The van der Waals surface area contributed by atoms with Gasteiger partial charge in [-0.05, 0) is 49.2 Å². The molecule has 2 aliphatic heterocycles. The lowest BCUT2D eigenvalue weighted by Crippen LogP contribution is -2.46. The molecule has 2 unspecified atom stereocenters. The minimum absolute atomic E-state index is 0.130. The van der Waals surface area contributed by atoms with E-state index in [2.05, 4.69) is 39.8 Å². The number of nitrogens with zero attached hydrogens (tertiary/aromatic N) is 3. The second-order valence-electron chi connectivity index (χ2n) is 6.94. The molecule has 0 amide bonds. The zero-order valence-electron chi connectivity index (χ0n) is 16.9. The summed E-state index contributed by atoms with van der Waals surface area (Å²) in [6.45, 7) is 4.30. The third-order valence-corrected chi connectivity index (χ3v) is 5.67. The molecule has 3 atom stereocenters. The third kappa shape index (κ3) is 7.28. The van der Waals surface area contributed by atoms with Crippen molar-refractivity contribution in [3.63, 3.8) is 0 Å². The van der Waals surface area contributed by atoms with Crippen LogP contribution in [0.15, 0.2) is 29.2 Å². The van der Waals surface area contributed by atoms with E-state index in [4.69, 9.17) is 9.84 Å². The molecule has 0 saturated carbocycles. The van der Waals surface area contributed by atoms with E-state index in [-0.39, 0.29) is 6.61 Å². The van der Waals surface area contributed by atoms with Crippen molar-refractivity contribution in [2.45, 2.75) is 24.9 Å². The number of aliphatic hydroxyl groups excluding tert-OH is 3. The molecule has 9 heteroatoms. The Hall–Kier alpha value is -1.64. The fourth-order valence-electron chi connectivity index (χ4n) is 3.13. The normalized spacial score (nSPS) is 25.7. The van der Waals surface area contributed by atoms with Gasteiger partial charge >= 0.3 is 0 Å². The standard InChI is InChI=1S/C19H26N4O3S.CH4O/c1-22-6-8-23(9-7-22)15-4-2-14(3-5-15)10-17(12-20)27-21-18-11-16(24)13-26-19(18)25;1-2/h2-5,10,16,18-19,21,24-25H,6-9,11,13H2,1H3;2H,1H3/b17-10+;/t16-,18?,19?;/m0./s1. The van der Waals surface area contributed by atoms with Gasteiger partial charge in [-0.1, -0.05) is 12.1 Å². The Balaban J connectivity index is 0.00000145. The predicted octanol–water partition coefficient (Wildman–Crippen LogP) is 0.617. The molecule has 0 radical (unpaired) electrons. The Bertz CT molecular complexity index is 687. The SMILES string of the molecule is CN1CCN(c2ccc(/C=C(\C#N)SNC3C[C@H](O)COC3O)cc2)CC1.CO. The first-order chi connectivity index (χ1) is 14.0. The number of hydrogen-bond donors (Lipinski definition) is 4. The van der Waals surface area contributed by atoms with Crippen LogP contribution in [-0.4, -0.2) is 85.6 Å². The lowest BCUT2D eigenvalue weighted by molar-refractivity contribution is -0.168. The van der Waals surface area contributed by atoms with Gasteiger partial charge in [-0.2, -0.15) is 5.26 Å². The van der Waals surface area contributed by atoms with Crippen LogP contribution in [0, 0.1) is 11.3 Å².